The number of halogens is 2. The van der Waals surface area contributed by atoms with Gasteiger partial charge >= 0.3 is 0 Å². The van der Waals surface area contributed by atoms with E-state index in [1.54, 1.807) is 0 Å². The molecule has 0 spiro atoms. The van der Waals surface area contributed by atoms with Crippen molar-refractivity contribution in [3.63, 3.8) is 0 Å². The second-order valence-electron chi connectivity index (χ2n) is 2.65. The summed E-state index contributed by atoms with van der Waals surface area (Å²) in [7, 11) is 0. The number of hydrogen-bond donors (Lipinski definition) is 1. The number of benzene rings is 1. The molecule has 0 fully saturated rings. The lowest BCUT2D eigenvalue weighted by Gasteiger charge is -1.96. The molecule has 0 N–H and O–H groups in total. The first kappa shape index (κ1) is 10.3. The fourth-order valence-electron chi connectivity index (χ4n) is 1.24. The van der Waals surface area contributed by atoms with Gasteiger partial charge in [0.05, 0.1) is 2.88 Å². The Morgan fingerprint density at radius 1 is 1.46 bits per heavy atom. The van der Waals surface area contributed by atoms with E-state index in [1.165, 1.54) is 18.5 Å². The lowest BCUT2D eigenvalue weighted by atomic mass is 10.2. The van der Waals surface area contributed by atoms with Crippen LogP contribution >= 0.6 is 62.5 Å². The molecule has 0 bridgehead atoms. The molecule has 0 unspecified atom stereocenters. The molecule has 68 valence electrons. The summed E-state index contributed by atoms with van der Waals surface area (Å²) in [5.41, 5.74) is 1.35. The maximum Gasteiger partial charge on any atom is 0.0799 e. The monoisotopic (exact) mass is 384 g/mol. The zero-order chi connectivity index (χ0) is 9.42. The van der Waals surface area contributed by atoms with E-state index in [1.807, 2.05) is 11.3 Å². The third-order valence-electron chi connectivity index (χ3n) is 1.87. The highest BCUT2D eigenvalue weighted by atomic mass is 127. The minimum atomic E-state index is 0.911. The van der Waals surface area contributed by atoms with Crippen molar-refractivity contribution in [1.29, 1.82) is 0 Å². The lowest BCUT2D eigenvalue weighted by molar-refractivity contribution is 1.50. The van der Waals surface area contributed by atoms with Crippen LogP contribution in [0.5, 0.6) is 0 Å². The first-order valence-electron chi connectivity index (χ1n) is 3.69. The zero-order valence-corrected chi connectivity index (χ0v) is 12.0. The van der Waals surface area contributed by atoms with Crippen LogP contribution in [-0.4, -0.2) is 0 Å². The second kappa shape index (κ2) is 4.08. The van der Waals surface area contributed by atoms with E-state index in [9.17, 15) is 0 Å². The Morgan fingerprint density at radius 2 is 2.23 bits per heavy atom. The van der Waals surface area contributed by atoms with Crippen LogP contribution in [0.3, 0.4) is 0 Å². The molecule has 2 rings (SSSR count). The molecule has 0 aliphatic rings. The number of thiophene rings is 1. The van der Waals surface area contributed by atoms with Crippen LogP contribution < -0.4 is 0 Å². The van der Waals surface area contributed by atoms with Gasteiger partial charge in [0.15, 0.2) is 0 Å². The van der Waals surface area contributed by atoms with Gasteiger partial charge in [-0.1, -0.05) is 34.1 Å². The smallest absolute Gasteiger partial charge is 0.0799 e. The van der Waals surface area contributed by atoms with Gasteiger partial charge in [-0.05, 0) is 28.2 Å². The summed E-state index contributed by atoms with van der Waals surface area (Å²) in [4.78, 5) is 1.11. The molecule has 0 saturated heterocycles. The van der Waals surface area contributed by atoms with Crippen molar-refractivity contribution in [2.45, 2.75) is 10.2 Å². The van der Waals surface area contributed by atoms with Crippen molar-refractivity contribution in [1.82, 2.24) is 0 Å². The molecule has 1 aromatic heterocycles. The molecular weight excluding hydrogens is 379 g/mol. The average molecular weight is 385 g/mol. The van der Waals surface area contributed by atoms with Crippen LogP contribution in [-0.2, 0) is 5.33 Å². The van der Waals surface area contributed by atoms with Crippen molar-refractivity contribution in [2.75, 3.05) is 0 Å². The molecule has 1 aromatic carbocycles. The summed E-state index contributed by atoms with van der Waals surface area (Å²) >= 11 is 12.1. The molecule has 0 aliphatic carbocycles. The zero-order valence-electron chi connectivity index (χ0n) is 6.55. The Balaban J connectivity index is 2.84. The van der Waals surface area contributed by atoms with Crippen LogP contribution in [0.2, 0.25) is 0 Å². The van der Waals surface area contributed by atoms with E-state index in [0.29, 0.717) is 0 Å². The third kappa shape index (κ3) is 1.78. The van der Waals surface area contributed by atoms with Gasteiger partial charge in [0.1, 0.15) is 0 Å². The SMILES string of the molecule is Sc1c(I)sc2c(CBr)cccc12. The predicted octanol–water partition coefficient (Wildman–Crippen LogP) is 4.69. The van der Waals surface area contributed by atoms with Gasteiger partial charge in [-0.2, -0.15) is 0 Å². The fourth-order valence-corrected chi connectivity index (χ4v) is 4.18. The quantitative estimate of drug-likeness (QED) is 0.411. The van der Waals surface area contributed by atoms with E-state index < -0.39 is 0 Å². The molecule has 13 heavy (non-hydrogen) atoms. The highest BCUT2D eigenvalue weighted by Crippen LogP contribution is 2.37. The van der Waals surface area contributed by atoms with Gasteiger partial charge in [0.25, 0.3) is 0 Å². The van der Waals surface area contributed by atoms with E-state index >= 15 is 0 Å². The van der Waals surface area contributed by atoms with Gasteiger partial charge in [-0.15, -0.1) is 24.0 Å². The van der Waals surface area contributed by atoms with Crippen LogP contribution in [0.4, 0.5) is 0 Å². The standard InChI is InChI=1S/C9H6BrIS2/c10-4-5-2-1-3-6-7(12)9(11)13-8(5)6/h1-3,12H,4H2. The molecule has 0 atom stereocenters. The van der Waals surface area contributed by atoms with Gasteiger partial charge in [0.2, 0.25) is 0 Å². The number of fused-ring (bicyclic) bond motifs is 1. The van der Waals surface area contributed by atoms with Crippen molar-refractivity contribution in [2.24, 2.45) is 0 Å². The number of hydrogen-bond acceptors (Lipinski definition) is 2. The minimum Gasteiger partial charge on any atom is -0.141 e. The van der Waals surface area contributed by atoms with Crippen LogP contribution in [0, 0.1) is 2.88 Å². The van der Waals surface area contributed by atoms with Gasteiger partial charge in [-0.25, -0.2) is 0 Å². The average Bonchev–Trinajstić information content (AvgIpc) is 2.43. The van der Waals surface area contributed by atoms with Gasteiger partial charge < -0.3 is 0 Å². The topological polar surface area (TPSA) is 0 Å². The Hall–Kier alpha value is 0.740. The molecule has 0 saturated carbocycles. The fraction of sp³-hybridized carbons (Fsp3) is 0.111. The molecule has 4 heteroatoms. The van der Waals surface area contributed by atoms with Gasteiger partial charge in [-0.3, -0.25) is 0 Å². The van der Waals surface area contributed by atoms with Crippen molar-refractivity contribution in [3.8, 4) is 0 Å². The van der Waals surface area contributed by atoms with Crippen molar-refractivity contribution >= 4 is 72.6 Å². The summed E-state index contributed by atoms with van der Waals surface area (Å²) in [6.07, 6.45) is 0. The maximum absolute atomic E-state index is 4.49. The minimum absolute atomic E-state index is 0.911. The maximum atomic E-state index is 4.49. The molecule has 2 aromatic rings. The summed E-state index contributed by atoms with van der Waals surface area (Å²) < 4.78 is 2.62. The third-order valence-corrected chi connectivity index (χ3v) is 5.79. The van der Waals surface area contributed by atoms with Crippen molar-refractivity contribution < 1.29 is 0 Å². The van der Waals surface area contributed by atoms with E-state index in [-0.39, 0.29) is 0 Å². The highest BCUT2D eigenvalue weighted by Gasteiger charge is 2.08. The van der Waals surface area contributed by atoms with E-state index in [4.69, 9.17) is 0 Å². The van der Waals surface area contributed by atoms with Crippen LogP contribution in [0.15, 0.2) is 23.1 Å². The highest BCUT2D eigenvalue weighted by molar-refractivity contribution is 14.1. The van der Waals surface area contributed by atoms with Crippen LogP contribution in [0.25, 0.3) is 10.1 Å². The molecule has 0 radical (unpaired) electrons. The Bertz CT molecular complexity index is 450. The first-order chi connectivity index (χ1) is 6.24. The van der Waals surface area contributed by atoms with Gasteiger partial charge in [0, 0.05) is 20.3 Å². The Morgan fingerprint density at radius 3 is 2.92 bits per heavy atom. The molecule has 0 nitrogen and oxygen atoms in total. The second-order valence-corrected chi connectivity index (χ2v) is 6.49. The lowest BCUT2D eigenvalue weighted by Crippen LogP contribution is -1.75. The molecule has 0 amide bonds. The first-order valence-corrected chi connectivity index (χ1v) is 7.15. The number of alkyl halides is 1. The summed E-state index contributed by atoms with van der Waals surface area (Å²) in [5.74, 6) is 0. The normalized spacial score (nSPS) is 11.0. The number of thiol groups is 1. The Labute approximate surface area is 108 Å². The summed E-state index contributed by atoms with van der Waals surface area (Å²) in [6, 6.07) is 6.36. The molecular formula is C9H6BrIS2. The summed E-state index contributed by atoms with van der Waals surface area (Å²) in [6.45, 7) is 0. The van der Waals surface area contributed by atoms with E-state index in [2.05, 4.69) is 69.3 Å². The molecule has 0 aliphatic heterocycles. The predicted molar refractivity (Wildman–Crippen MR) is 74.4 cm³/mol. The Kier molecular flexibility index (Phi) is 3.22. The van der Waals surface area contributed by atoms with Crippen LogP contribution in [0.1, 0.15) is 5.56 Å². The van der Waals surface area contributed by atoms with E-state index in [0.717, 1.165) is 10.2 Å². The van der Waals surface area contributed by atoms with Crippen molar-refractivity contribution in [3.05, 3.63) is 26.6 Å². The molecule has 1 heterocycles. The largest absolute Gasteiger partial charge is 0.141 e. The number of rotatable bonds is 1. The summed E-state index contributed by atoms with van der Waals surface area (Å²) in [5, 5.41) is 2.18.